The lowest BCUT2D eigenvalue weighted by atomic mass is 10.1. The Kier molecular flexibility index (Phi) is 7.45. The predicted octanol–water partition coefficient (Wildman–Crippen LogP) is 3.24. The molecule has 4 N–H and O–H groups in total. The number of aromatic carboxylic acids is 1. The van der Waals surface area contributed by atoms with E-state index < -0.39 is 21.9 Å². The molecule has 1 aromatic heterocycles. The minimum atomic E-state index is -3.75. The molecule has 0 fully saturated rings. The lowest BCUT2D eigenvalue weighted by Crippen LogP contribution is -2.14. The summed E-state index contributed by atoms with van der Waals surface area (Å²) in [6, 6.07) is 15.6. The number of Topliss-reactive ketones (excluding diaryl/α,β-unsaturated/α-hetero) is 1. The van der Waals surface area contributed by atoms with Crippen LogP contribution in [0.2, 0.25) is 0 Å². The van der Waals surface area contributed by atoms with Gasteiger partial charge in [0, 0.05) is 11.1 Å². The van der Waals surface area contributed by atoms with E-state index in [1.54, 1.807) is 36.4 Å². The number of thiophene rings is 1. The van der Waals surface area contributed by atoms with Gasteiger partial charge in [-0.1, -0.05) is 30.3 Å². The van der Waals surface area contributed by atoms with E-state index in [0.717, 1.165) is 11.3 Å². The zero-order chi connectivity index (χ0) is 22.3. The summed E-state index contributed by atoms with van der Waals surface area (Å²) in [4.78, 5) is 32.5. The molecule has 1 heterocycles. The van der Waals surface area contributed by atoms with Crippen LogP contribution in [0.25, 0.3) is 0 Å². The highest BCUT2D eigenvalue weighted by molar-refractivity contribution is 7.92. The number of sulfonamides is 1. The number of rotatable bonds is 6. The number of carbonyl (C=O) groups excluding carboxylic acids is 2. The number of anilines is 1. The molecule has 0 aliphatic rings. The highest BCUT2D eigenvalue weighted by Crippen LogP contribution is 2.25. The molecule has 8 nitrogen and oxygen atoms in total. The molecule has 0 atom stereocenters. The first-order valence-corrected chi connectivity index (χ1v) is 10.8. The summed E-state index contributed by atoms with van der Waals surface area (Å²) in [5.41, 5.74) is 5.98. The monoisotopic (exact) mass is 446 g/mol. The molecule has 3 aromatic rings. The first kappa shape index (κ1) is 22.8. The van der Waals surface area contributed by atoms with Crippen LogP contribution >= 0.6 is 11.3 Å². The van der Waals surface area contributed by atoms with E-state index in [-0.39, 0.29) is 21.2 Å². The lowest BCUT2D eigenvalue weighted by molar-refractivity contribution is 0.0702. The molecule has 1 amide bonds. The maximum atomic E-state index is 12.0. The fourth-order valence-corrected chi connectivity index (χ4v) is 4.09. The summed E-state index contributed by atoms with van der Waals surface area (Å²) in [6.07, 6.45) is 0. The summed E-state index contributed by atoms with van der Waals surface area (Å²) in [5, 5.41) is 10.4. The minimum absolute atomic E-state index is 0.0329. The number of nitrogens with two attached hydrogens (primary N) is 1. The summed E-state index contributed by atoms with van der Waals surface area (Å²) >= 11 is 0.967. The van der Waals surface area contributed by atoms with Gasteiger partial charge in [0.25, 0.3) is 10.0 Å². The minimum Gasteiger partial charge on any atom is -0.477 e. The number of primary amides is 1. The predicted molar refractivity (Wildman–Crippen MR) is 113 cm³/mol. The van der Waals surface area contributed by atoms with Crippen molar-refractivity contribution in [2.75, 3.05) is 4.72 Å². The molecule has 0 unspecified atom stereocenters. The van der Waals surface area contributed by atoms with Crippen molar-refractivity contribution in [1.82, 2.24) is 0 Å². The van der Waals surface area contributed by atoms with E-state index in [2.05, 4.69) is 4.72 Å². The Hall–Kier alpha value is -3.50. The number of benzene rings is 2. The molecule has 0 aliphatic heterocycles. The van der Waals surface area contributed by atoms with Gasteiger partial charge in [-0.3, -0.25) is 14.3 Å². The summed E-state index contributed by atoms with van der Waals surface area (Å²) in [6.45, 7) is 1.44. The molecular weight excluding hydrogens is 428 g/mol. The van der Waals surface area contributed by atoms with Crippen molar-refractivity contribution in [2.45, 2.75) is 11.8 Å². The average Bonchev–Trinajstić information content (AvgIpc) is 3.17. The third kappa shape index (κ3) is 6.00. The number of carboxylic acid groups (broad SMARTS) is 1. The van der Waals surface area contributed by atoms with Crippen molar-refractivity contribution >= 4 is 44.7 Å². The molecule has 0 bridgehead atoms. The Labute approximate surface area is 177 Å². The largest absolute Gasteiger partial charge is 0.477 e. The van der Waals surface area contributed by atoms with Gasteiger partial charge in [0.15, 0.2) is 5.78 Å². The van der Waals surface area contributed by atoms with Gasteiger partial charge in [0.2, 0.25) is 5.91 Å². The zero-order valence-corrected chi connectivity index (χ0v) is 17.4. The van der Waals surface area contributed by atoms with E-state index in [9.17, 15) is 22.8 Å². The smallest absolute Gasteiger partial charge is 0.348 e. The average molecular weight is 447 g/mol. The van der Waals surface area contributed by atoms with Crippen molar-refractivity contribution in [3.8, 4) is 0 Å². The second-order valence-corrected chi connectivity index (χ2v) is 8.49. The molecule has 30 heavy (non-hydrogen) atoms. The highest BCUT2D eigenvalue weighted by atomic mass is 32.2. The third-order valence-corrected chi connectivity index (χ3v) is 5.99. The van der Waals surface area contributed by atoms with Crippen molar-refractivity contribution in [2.24, 2.45) is 5.73 Å². The Morgan fingerprint density at radius 2 is 1.60 bits per heavy atom. The standard InChI is InChI=1S/C11H9NO4S2.C9H9NO2/c13-11(14)10-9(6-7-17-10)12-18(15,16)8-4-2-1-3-5-8;1-6(11)7-3-2-4-8(5-7)9(10)12/h1-7,12H,(H,13,14);2-5H,1H3,(H2,10,12). The van der Waals surface area contributed by atoms with Gasteiger partial charge in [-0.25, -0.2) is 13.2 Å². The van der Waals surface area contributed by atoms with Crippen LogP contribution in [-0.2, 0) is 10.0 Å². The maximum absolute atomic E-state index is 12.0. The van der Waals surface area contributed by atoms with Crippen LogP contribution in [0, 0.1) is 0 Å². The maximum Gasteiger partial charge on any atom is 0.348 e. The summed E-state index contributed by atoms with van der Waals surface area (Å²) in [5.74, 6) is -1.74. The van der Waals surface area contributed by atoms with E-state index >= 15 is 0 Å². The van der Waals surface area contributed by atoms with Crippen LogP contribution < -0.4 is 10.5 Å². The number of ketones is 1. The second kappa shape index (κ2) is 9.81. The summed E-state index contributed by atoms with van der Waals surface area (Å²) < 4.78 is 26.2. The summed E-state index contributed by atoms with van der Waals surface area (Å²) in [7, 11) is -3.75. The molecule has 0 aliphatic carbocycles. The van der Waals surface area contributed by atoms with Crippen LogP contribution in [0.4, 0.5) is 5.69 Å². The first-order valence-electron chi connectivity index (χ1n) is 8.41. The van der Waals surface area contributed by atoms with E-state index in [1.165, 1.54) is 36.6 Å². The SMILES string of the molecule is CC(=O)c1cccc(C(N)=O)c1.O=C(O)c1sccc1NS(=O)(=O)c1ccccc1. The van der Waals surface area contributed by atoms with Crippen molar-refractivity contribution in [3.63, 3.8) is 0 Å². The number of carbonyl (C=O) groups is 3. The molecule has 0 saturated heterocycles. The van der Waals surface area contributed by atoms with Gasteiger partial charge in [0.05, 0.1) is 10.6 Å². The Morgan fingerprint density at radius 3 is 2.17 bits per heavy atom. The topological polar surface area (TPSA) is 144 Å². The number of carboxylic acids is 1. The zero-order valence-electron chi connectivity index (χ0n) is 15.7. The Balaban J connectivity index is 0.000000232. The fourth-order valence-electron chi connectivity index (χ4n) is 2.25. The highest BCUT2D eigenvalue weighted by Gasteiger charge is 2.19. The Morgan fingerprint density at radius 1 is 0.967 bits per heavy atom. The molecule has 0 radical (unpaired) electrons. The molecule has 3 rings (SSSR count). The van der Waals surface area contributed by atoms with Crippen LogP contribution in [0.1, 0.15) is 37.3 Å². The van der Waals surface area contributed by atoms with E-state index in [0.29, 0.717) is 11.1 Å². The van der Waals surface area contributed by atoms with E-state index in [1.807, 2.05) is 0 Å². The third-order valence-electron chi connectivity index (χ3n) is 3.71. The lowest BCUT2D eigenvalue weighted by Gasteiger charge is -2.07. The van der Waals surface area contributed by atoms with Crippen LogP contribution in [0.3, 0.4) is 0 Å². The quantitative estimate of drug-likeness (QED) is 0.496. The normalized spacial score (nSPS) is 10.4. The molecule has 2 aromatic carbocycles. The first-order chi connectivity index (χ1) is 14.1. The molecular formula is C20H18N2O6S2. The molecule has 0 saturated carbocycles. The number of amides is 1. The van der Waals surface area contributed by atoms with Gasteiger partial charge in [0.1, 0.15) is 4.88 Å². The fraction of sp³-hybridized carbons (Fsp3) is 0.0500. The number of nitrogens with one attached hydrogen (secondary N) is 1. The van der Waals surface area contributed by atoms with E-state index in [4.69, 9.17) is 10.8 Å². The Bertz CT molecular complexity index is 1140. The molecule has 10 heteroatoms. The van der Waals surface area contributed by atoms with Gasteiger partial charge in [-0.2, -0.15) is 0 Å². The molecule has 156 valence electrons. The molecule has 0 spiro atoms. The van der Waals surface area contributed by atoms with Gasteiger partial charge < -0.3 is 10.8 Å². The van der Waals surface area contributed by atoms with Crippen molar-refractivity contribution < 1.29 is 27.9 Å². The number of hydrogen-bond donors (Lipinski definition) is 3. The second-order valence-electron chi connectivity index (χ2n) is 5.89. The van der Waals surface area contributed by atoms with Gasteiger partial charge in [-0.05, 0) is 42.6 Å². The van der Waals surface area contributed by atoms with Crippen LogP contribution in [-0.4, -0.2) is 31.2 Å². The van der Waals surface area contributed by atoms with Gasteiger partial charge >= 0.3 is 5.97 Å². The number of hydrogen-bond acceptors (Lipinski definition) is 6. The van der Waals surface area contributed by atoms with Crippen LogP contribution in [0.15, 0.2) is 70.9 Å². The van der Waals surface area contributed by atoms with Crippen molar-refractivity contribution in [3.05, 3.63) is 82.0 Å². The van der Waals surface area contributed by atoms with Crippen molar-refractivity contribution in [1.29, 1.82) is 0 Å². The van der Waals surface area contributed by atoms with Gasteiger partial charge in [-0.15, -0.1) is 11.3 Å². The van der Waals surface area contributed by atoms with Crippen LogP contribution in [0.5, 0.6) is 0 Å².